The van der Waals surface area contributed by atoms with Crippen LogP contribution in [0.15, 0.2) is 146 Å². The first-order chi connectivity index (χ1) is 19.3. The number of anilines is 3. The number of benzene rings is 6. The second kappa shape index (κ2) is 8.75. The predicted octanol–water partition coefficient (Wildman–Crippen LogP) is 9.82. The zero-order valence-electron chi connectivity index (χ0n) is 21.5. The summed E-state index contributed by atoms with van der Waals surface area (Å²) < 4.78 is 2.42. The van der Waals surface area contributed by atoms with E-state index in [-0.39, 0.29) is 0 Å². The van der Waals surface area contributed by atoms with E-state index >= 15 is 0 Å². The molecule has 0 saturated heterocycles. The number of hydrogen-bond acceptors (Lipinski definition) is 1. The minimum absolute atomic E-state index is 0.985. The fourth-order valence-corrected chi connectivity index (χ4v) is 6.23. The van der Waals surface area contributed by atoms with Crippen LogP contribution < -0.4 is 4.90 Å². The lowest BCUT2D eigenvalue weighted by Gasteiger charge is -2.25. The molecule has 1 aliphatic rings. The third-order valence-corrected chi connectivity index (χ3v) is 7.96. The third-order valence-electron chi connectivity index (χ3n) is 7.96. The Morgan fingerprint density at radius 3 is 1.77 bits per heavy atom. The first kappa shape index (κ1) is 22.0. The van der Waals surface area contributed by atoms with Gasteiger partial charge in [-0.25, -0.2) is 0 Å². The highest BCUT2D eigenvalue weighted by atomic mass is 15.1. The summed E-state index contributed by atoms with van der Waals surface area (Å²) >= 11 is 0. The second-order valence-corrected chi connectivity index (χ2v) is 10.2. The first-order valence-corrected chi connectivity index (χ1v) is 13.5. The van der Waals surface area contributed by atoms with Gasteiger partial charge in [-0.3, -0.25) is 0 Å². The van der Waals surface area contributed by atoms with E-state index in [1.54, 1.807) is 0 Å². The molecule has 1 heterocycles. The minimum atomic E-state index is 0.985. The van der Waals surface area contributed by atoms with Crippen LogP contribution in [0.25, 0.3) is 38.6 Å². The average molecular weight is 499 g/mol. The predicted molar refractivity (Wildman–Crippen MR) is 164 cm³/mol. The molecule has 8 rings (SSSR count). The molecule has 2 nitrogen and oxygen atoms in total. The monoisotopic (exact) mass is 498 g/mol. The Hall–Kier alpha value is -5.08. The van der Waals surface area contributed by atoms with E-state index < -0.39 is 0 Å². The summed E-state index contributed by atoms with van der Waals surface area (Å²) in [5.74, 6) is 0. The molecule has 0 bridgehead atoms. The number of fused-ring (bicyclic) bond motifs is 6. The Balaban J connectivity index is 1.42. The van der Waals surface area contributed by atoms with Gasteiger partial charge in [-0.1, -0.05) is 78.9 Å². The molecule has 1 aliphatic carbocycles. The van der Waals surface area contributed by atoms with Crippen LogP contribution in [0.3, 0.4) is 0 Å². The Morgan fingerprint density at radius 2 is 1.05 bits per heavy atom. The Morgan fingerprint density at radius 1 is 0.436 bits per heavy atom. The molecule has 184 valence electrons. The third kappa shape index (κ3) is 3.49. The molecule has 0 N–H and O–H groups in total. The highest BCUT2D eigenvalue weighted by molar-refractivity contribution is 6.12. The van der Waals surface area contributed by atoms with E-state index in [9.17, 15) is 0 Å². The van der Waals surface area contributed by atoms with Gasteiger partial charge in [0.05, 0.1) is 11.0 Å². The van der Waals surface area contributed by atoms with Crippen molar-refractivity contribution in [2.75, 3.05) is 4.90 Å². The summed E-state index contributed by atoms with van der Waals surface area (Å²) in [6.07, 6.45) is 0.985. The summed E-state index contributed by atoms with van der Waals surface area (Å²) in [4.78, 5) is 2.34. The van der Waals surface area contributed by atoms with Crippen molar-refractivity contribution >= 4 is 38.9 Å². The first-order valence-electron chi connectivity index (χ1n) is 13.5. The van der Waals surface area contributed by atoms with Crippen LogP contribution in [0.1, 0.15) is 11.1 Å². The lowest BCUT2D eigenvalue weighted by atomic mass is 10.0. The van der Waals surface area contributed by atoms with Gasteiger partial charge in [-0.15, -0.1) is 0 Å². The van der Waals surface area contributed by atoms with Gasteiger partial charge in [-0.2, -0.15) is 0 Å². The van der Waals surface area contributed by atoms with Gasteiger partial charge < -0.3 is 9.47 Å². The van der Waals surface area contributed by atoms with Crippen molar-refractivity contribution in [1.29, 1.82) is 0 Å². The largest absolute Gasteiger partial charge is 0.310 e. The number of aromatic nitrogens is 1. The molecular formula is C37H26N2. The Kier molecular flexibility index (Phi) is 4.92. The highest BCUT2D eigenvalue weighted by Gasteiger charge is 2.23. The molecule has 0 atom stereocenters. The smallest absolute Gasteiger partial charge is 0.0544 e. The minimum Gasteiger partial charge on any atom is -0.310 e. The van der Waals surface area contributed by atoms with Gasteiger partial charge in [0.1, 0.15) is 0 Å². The summed E-state index contributed by atoms with van der Waals surface area (Å²) in [7, 11) is 0. The number of nitrogens with zero attached hydrogens (tertiary/aromatic N) is 2. The van der Waals surface area contributed by atoms with E-state index in [1.165, 1.54) is 49.7 Å². The highest BCUT2D eigenvalue weighted by Crippen LogP contribution is 2.44. The topological polar surface area (TPSA) is 8.17 Å². The molecule has 0 aliphatic heterocycles. The van der Waals surface area contributed by atoms with E-state index in [2.05, 4.69) is 155 Å². The molecule has 0 spiro atoms. The van der Waals surface area contributed by atoms with Crippen molar-refractivity contribution in [1.82, 2.24) is 4.57 Å². The Labute approximate surface area is 228 Å². The maximum absolute atomic E-state index is 2.43. The number of para-hydroxylation sites is 3. The van der Waals surface area contributed by atoms with E-state index in [1.807, 2.05) is 0 Å². The van der Waals surface area contributed by atoms with E-state index in [0.29, 0.717) is 0 Å². The van der Waals surface area contributed by atoms with Crippen molar-refractivity contribution in [2.45, 2.75) is 6.42 Å². The molecule has 2 heteroatoms. The van der Waals surface area contributed by atoms with Crippen LogP contribution in [0, 0.1) is 0 Å². The molecule has 0 saturated carbocycles. The summed E-state index contributed by atoms with van der Waals surface area (Å²) in [5.41, 5.74) is 12.6. The lowest BCUT2D eigenvalue weighted by molar-refractivity contribution is 1.17. The van der Waals surface area contributed by atoms with Gasteiger partial charge in [0.2, 0.25) is 0 Å². The maximum atomic E-state index is 2.43. The van der Waals surface area contributed by atoms with Gasteiger partial charge in [0, 0.05) is 33.5 Å². The molecule has 0 unspecified atom stereocenters. The molecule has 7 aromatic rings. The van der Waals surface area contributed by atoms with Gasteiger partial charge >= 0.3 is 0 Å². The van der Waals surface area contributed by atoms with Gasteiger partial charge in [0.25, 0.3) is 0 Å². The summed E-state index contributed by atoms with van der Waals surface area (Å²) in [5, 5.41) is 2.54. The molecule has 0 radical (unpaired) electrons. The Bertz CT molecular complexity index is 1930. The summed E-state index contributed by atoms with van der Waals surface area (Å²) in [6, 6.07) is 52.6. The van der Waals surface area contributed by atoms with Crippen molar-refractivity contribution in [2.24, 2.45) is 0 Å². The molecule has 0 fully saturated rings. The zero-order valence-corrected chi connectivity index (χ0v) is 21.5. The number of hydrogen-bond donors (Lipinski definition) is 0. The quantitative estimate of drug-likeness (QED) is 0.234. The van der Waals surface area contributed by atoms with Crippen LogP contribution in [0.4, 0.5) is 17.1 Å². The van der Waals surface area contributed by atoms with Crippen molar-refractivity contribution in [3.63, 3.8) is 0 Å². The zero-order chi connectivity index (χ0) is 25.8. The average Bonchev–Trinajstić information content (AvgIpc) is 3.52. The normalized spacial score (nSPS) is 12.0. The van der Waals surface area contributed by atoms with Crippen LogP contribution in [-0.2, 0) is 6.42 Å². The SMILES string of the molecule is c1ccc(N(c2ccccc2)c2ccc3c(c2)c2cc4c(cc2n3-c2ccccc2)Cc2ccccc2-4)cc1. The second-order valence-electron chi connectivity index (χ2n) is 10.2. The van der Waals surface area contributed by atoms with E-state index in [0.717, 1.165) is 23.5 Å². The van der Waals surface area contributed by atoms with Crippen LogP contribution in [0.2, 0.25) is 0 Å². The molecule has 1 aromatic heterocycles. The molecular weight excluding hydrogens is 472 g/mol. The van der Waals surface area contributed by atoms with Crippen molar-refractivity contribution in [3.8, 4) is 16.8 Å². The number of rotatable bonds is 4. The van der Waals surface area contributed by atoms with Crippen LogP contribution >= 0.6 is 0 Å². The maximum Gasteiger partial charge on any atom is 0.0544 e. The fraction of sp³-hybridized carbons (Fsp3) is 0.0270. The van der Waals surface area contributed by atoms with Crippen LogP contribution in [0.5, 0.6) is 0 Å². The standard InChI is InChI=1S/C37H26N2/c1-4-13-28(14-5-1)38(29-15-6-2-7-16-29)31-20-21-36-34(24-31)35-25-33-27(22-26-12-10-11-19-32(26)33)23-37(35)39(36)30-17-8-3-9-18-30/h1-21,23-25H,22H2. The van der Waals surface area contributed by atoms with Crippen molar-refractivity contribution < 1.29 is 0 Å². The van der Waals surface area contributed by atoms with Crippen molar-refractivity contribution in [3.05, 3.63) is 157 Å². The van der Waals surface area contributed by atoms with Gasteiger partial charge in [-0.05, 0) is 95.4 Å². The molecule has 0 amide bonds. The molecule has 39 heavy (non-hydrogen) atoms. The fourth-order valence-electron chi connectivity index (χ4n) is 6.23. The van der Waals surface area contributed by atoms with E-state index in [4.69, 9.17) is 0 Å². The van der Waals surface area contributed by atoms with Gasteiger partial charge in [0.15, 0.2) is 0 Å². The summed E-state index contributed by atoms with van der Waals surface area (Å²) in [6.45, 7) is 0. The lowest BCUT2D eigenvalue weighted by Crippen LogP contribution is -2.09. The van der Waals surface area contributed by atoms with Crippen LogP contribution in [-0.4, -0.2) is 4.57 Å². The molecule has 6 aromatic carbocycles.